The van der Waals surface area contributed by atoms with E-state index in [1.165, 1.54) is 24.3 Å². The van der Waals surface area contributed by atoms with Crippen molar-refractivity contribution >= 4 is 5.57 Å². The average molecular weight is 411 g/mol. The van der Waals surface area contributed by atoms with Crippen molar-refractivity contribution in [2.24, 2.45) is 0 Å². The van der Waals surface area contributed by atoms with Gasteiger partial charge in [-0.3, -0.25) is 0 Å². The van der Waals surface area contributed by atoms with Crippen molar-refractivity contribution in [3.05, 3.63) is 149 Å². The maximum atomic E-state index is 13.4. The molecule has 0 spiro atoms. The van der Waals surface area contributed by atoms with Gasteiger partial charge < -0.3 is 4.90 Å². The molecule has 4 aromatic rings. The molecule has 3 heteroatoms. The minimum Gasteiger partial charge on any atom is -0.368 e. The van der Waals surface area contributed by atoms with Gasteiger partial charge in [-0.1, -0.05) is 84.9 Å². The summed E-state index contributed by atoms with van der Waals surface area (Å²) in [4.78, 5) is 2.18. The van der Waals surface area contributed by atoms with E-state index >= 15 is 0 Å². The molecule has 4 rings (SSSR count). The number of benzene rings is 4. The first kappa shape index (κ1) is 20.5. The third-order valence-electron chi connectivity index (χ3n) is 5.08. The average Bonchev–Trinajstić information content (AvgIpc) is 2.81. The minimum atomic E-state index is -0.251. The third-order valence-corrected chi connectivity index (χ3v) is 5.08. The predicted molar refractivity (Wildman–Crippen MR) is 122 cm³/mol. The van der Waals surface area contributed by atoms with Crippen LogP contribution in [0.3, 0.4) is 0 Å². The van der Waals surface area contributed by atoms with Crippen LogP contribution in [-0.4, -0.2) is 4.90 Å². The summed E-state index contributed by atoms with van der Waals surface area (Å²) in [5.41, 5.74) is 5.31. The quantitative estimate of drug-likeness (QED) is 0.315. The molecule has 0 N–H and O–H groups in total. The van der Waals surface area contributed by atoms with Crippen molar-refractivity contribution in [1.29, 1.82) is 0 Å². The van der Waals surface area contributed by atoms with Crippen molar-refractivity contribution in [1.82, 2.24) is 4.90 Å². The number of halogens is 2. The van der Waals surface area contributed by atoms with E-state index in [2.05, 4.69) is 35.4 Å². The normalized spacial score (nSPS) is 10.5. The third kappa shape index (κ3) is 5.67. The summed E-state index contributed by atoms with van der Waals surface area (Å²) in [5.74, 6) is -0.503. The van der Waals surface area contributed by atoms with Crippen LogP contribution in [-0.2, 0) is 13.1 Å². The summed E-state index contributed by atoms with van der Waals surface area (Å²) in [6, 6.07) is 33.6. The van der Waals surface area contributed by atoms with E-state index in [-0.39, 0.29) is 11.6 Å². The Balaban J connectivity index is 1.74. The van der Waals surface area contributed by atoms with Gasteiger partial charge >= 0.3 is 0 Å². The highest BCUT2D eigenvalue weighted by atomic mass is 19.1. The molecule has 0 saturated carbocycles. The molecule has 0 fully saturated rings. The highest BCUT2D eigenvalue weighted by Crippen LogP contribution is 2.25. The van der Waals surface area contributed by atoms with E-state index in [4.69, 9.17) is 0 Å². The van der Waals surface area contributed by atoms with Gasteiger partial charge in [0.1, 0.15) is 11.6 Å². The first-order valence-corrected chi connectivity index (χ1v) is 10.2. The Kier molecular flexibility index (Phi) is 6.53. The van der Waals surface area contributed by atoms with Crippen LogP contribution in [0.15, 0.2) is 115 Å². The van der Waals surface area contributed by atoms with E-state index in [1.807, 2.05) is 36.4 Å². The van der Waals surface area contributed by atoms with Gasteiger partial charge in [-0.15, -0.1) is 0 Å². The van der Waals surface area contributed by atoms with Crippen molar-refractivity contribution < 1.29 is 8.78 Å². The SMILES string of the molecule is Fc1ccc(CN(C=C(c2ccccc2)c2ccccc2)Cc2ccc(F)cc2)cc1. The second kappa shape index (κ2) is 9.86. The van der Waals surface area contributed by atoms with Crippen LogP contribution in [0.5, 0.6) is 0 Å². The molecule has 0 aromatic heterocycles. The summed E-state index contributed by atoms with van der Waals surface area (Å²) in [6.45, 7) is 1.20. The van der Waals surface area contributed by atoms with Gasteiger partial charge in [0.05, 0.1) is 0 Å². The monoisotopic (exact) mass is 411 g/mol. The van der Waals surface area contributed by atoms with Crippen LogP contribution in [0.25, 0.3) is 5.57 Å². The zero-order valence-electron chi connectivity index (χ0n) is 17.1. The van der Waals surface area contributed by atoms with Crippen LogP contribution in [0.2, 0.25) is 0 Å². The van der Waals surface area contributed by atoms with Crippen LogP contribution in [0.1, 0.15) is 22.3 Å². The number of nitrogens with zero attached hydrogens (tertiary/aromatic N) is 1. The Morgan fingerprint density at radius 2 is 0.935 bits per heavy atom. The molecule has 0 aliphatic carbocycles. The molecule has 4 aromatic carbocycles. The van der Waals surface area contributed by atoms with E-state index in [9.17, 15) is 8.78 Å². The lowest BCUT2D eigenvalue weighted by Crippen LogP contribution is -2.17. The molecule has 0 aliphatic heterocycles. The predicted octanol–water partition coefficient (Wildman–Crippen LogP) is 7.06. The second-order valence-corrected chi connectivity index (χ2v) is 7.43. The molecule has 1 nitrogen and oxygen atoms in total. The summed E-state index contributed by atoms with van der Waals surface area (Å²) >= 11 is 0. The zero-order chi connectivity index (χ0) is 21.5. The van der Waals surface area contributed by atoms with Gasteiger partial charge in [0.2, 0.25) is 0 Å². The topological polar surface area (TPSA) is 3.24 Å². The van der Waals surface area contributed by atoms with Crippen LogP contribution < -0.4 is 0 Å². The van der Waals surface area contributed by atoms with Crippen molar-refractivity contribution in [2.75, 3.05) is 0 Å². The second-order valence-electron chi connectivity index (χ2n) is 7.43. The standard InChI is InChI=1S/C28H23F2N/c29-26-15-11-22(12-16-26)19-31(20-23-13-17-27(30)18-14-23)21-28(24-7-3-1-4-8-24)25-9-5-2-6-10-25/h1-18,21H,19-20H2. The van der Waals surface area contributed by atoms with Gasteiger partial charge in [0.25, 0.3) is 0 Å². The number of rotatable bonds is 7. The highest BCUT2D eigenvalue weighted by molar-refractivity contribution is 5.79. The molecule has 0 radical (unpaired) electrons. The summed E-state index contributed by atoms with van der Waals surface area (Å²) < 4.78 is 26.8. The van der Waals surface area contributed by atoms with Gasteiger partial charge in [-0.25, -0.2) is 8.78 Å². The molecule has 0 amide bonds. The molecule has 0 saturated heterocycles. The summed E-state index contributed by atoms with van der Waals surface area (Å²) in [5, 5.41) is 0. The smallest absolute Gasteiger partial charge is 0.123 e. The Morgan fingerprint density at radius 1 is 0.548 bits per heavy atom. The molecule has 154 valence electrons. The van der Waals surface area contributed by atoms with Gasteiger partial charge in [0.15, 0.2) is 0 Å². The van der Waals surface area contributed by atoms with Crippen LogP contribution in [0, 0.1) is 11.6 Å². The maximum Gasteiger partial charge on any atom is 0.123 e. The molecule has 0 heterocycles. The number of hydrogen-bond donors (Lipinski definition) is 0. The van der Waals surface area contributed by atoms with Crippen molar-refractivity contribution in [3.8, 4) is 0 Å². The molecule has 0 atom stereocenters. The fraction of sp³-hybridized carbons (Fsp3) is 0.0714. The largest absolute Gasteiger partial charge is 0.368 e. The van der Waals surface area contributed by atoms with Crippen LogP contribution in [0.4, 0.5) is 8.78 Å². The molecule has 31 heavy (non-hydrogen) atoms. The van der Waals surface area contributed by atoms with Gasteiger partial charge in [-0.05, 0) is 46.5 Å². The molecular formula is C28H23F2N. The fourth-order valence-corrected chi connectivity index (χ4v) is 3.53. The van der Waals surface area contributed by atoms with Gasteiger partial charge in [0, 0.05) is 24.9 Å². The Labute approximate surface area is 181 Å². The van der Waals surface area contributed by atoms with E-state index in [0.29, 0.717) is 13.1 Å². The first-order valence-electron chi connectivity index (χ1n) is 10.2. The maximum absolute atomic E-state index is 13.4. The minimum absolute atomic E-state index is 0.251. The molecule has 0 aliphatic rings. The Hall–Kier alpha value is -3.72. The number of hydrogen-bond acceptors (Lipinski definition) is 1. The van der Waals surface area contributed by atoms with E-state index in [1.54, 1.807) is 24.3 Å². The van der Waals surface area contributed by atoms with E-state index < -0.39 is 0 Å². The van der Waals surface area contributed by atoms with Crippen molar-refractivity contribution in [2.45, 2.75) is 13.1 Å². The fourth-order valence-electron chi connectivity index (χ4n) is 3.53. The highest BCUT2D eigenvalue weighted by Gasteiger charge is 2.10. The molecule has 0 unspecified atom stereocenters. The van der Waals surface area contributed by atoms with E-state index in [0.717, 1.165) is 27.8 Å². The zero-order valence-corrected chi connectivity index (χ0v) is 17.1. The summed E-state index contributed by atoms with van der Waals surface area (Å²) in [7, 11) is 0. The van der Waals surface area contributed by atoms with Crippen LogP contribution >= 0.6 is 0 Å². The van der Waals surface area contributed by atoms with Crippen molar-refractivity contribution in [3.63, 3.8) is 0 Å². The lowest BCUT2D eigenvalue weighted by Gasteiger charge is -2.23. The lowest BCUT2D eigenvalue weighted by atomic mass is 9.98. The van der Waals surface area contributed by atoms with Gasteiger partial charge in [-0.2, -0.15) is 0 Å². The Morgan fingerprint density at radius 3 is 1.32 bits per heavy atom. The first-order chi connectivity index (χ1) is 15.2. The summed E-state index contributed by atoms with van der Waals surface area (Å²) in [6.07, 6.45) is 2.14. The molecule has 0 bridgehead atoms. The Bertz CT molecular complexity index is 1030. The lowest BCUT2D eigenvalue weighted by molar-refractivity contribution is 0.362. The molecular weight excluding hydrogens is 388 g/mol.